The van der Waals surface area contributed by atoms with Crippen LogP contribution in [0.1, 0.15) is 64.7 Å². The van der Waals surface area contributed by atoms with Gasteiger partial charge in [-0.1, -0.05) is 50.1 Å². The van der Waals surface area contributed by atoms with E-state index in [2.05, 4.69) is 4.98 Å². The third-order valence-corrected chi connectivity index (χ3v) is 5.57. The third kappa shape index (κ3) is 7.39. The summed E-state index contributed by atoms with van der Waals surface area (Å²) in [6.45, 7) is 2.36. The Morgan fingerprint density at radius 3 is 2.03 bits per heavy atom. The molecule has 170 valence electrons. The molecule has 0 aromatic carbocycles. The van der Waals surface area contributed by atoms with Crippen LogP contribution in [0.5, 0.6) is 5.75 Å². The third-order valence-electron chi connectivity index (χ3n) is 5.36. The number of hydrogen-bond donors (Lipinski definition) is 0. The fourth-order valence-electron chi connectivity index (χ4n) is 3.62. The van der Waals surface area contributed by atoms with E-state index in [9.17, 15) is 9.59 Å². The van der Waals surface area contributed by atoms with Gasteiger partial charge in [-0.3, -0.25) is 14.6 Å². The summed E-state index contributed by atoms with van der Waals surface area (Å²) >= 11 is 5.88. The number of pyridine rings is 1. The summed E-state index contributed by atoms with van der Waals surface area (Å²) < 4.78 is 15.8. The lowest BCUT2D eigenvalue weighted by atomic mass is 9.89. The number of nitrogens with zero attached hydrogens (tertiary/aromatic N) is 1. The Balaban J connectivity index is 1.56. The van der Waals surface area contributed by atoms with Gasteiger partial charge in [-0.2, -0.15) is 0 Å². The monoisotopic (exact) mass is 449 g/mol. The number of hydrogen-bond acceptors (Lipinski definition) is 6. The summed E-state index contributed by atoms with van der Waals surface area (Å²) in [5, 5.41) is 0.582. The smallest absolute Gasteiger partial charge is 0.228 e. The second-order valence-corrected chi connectivity index (χ2v) is 8.03. The van der Waals surface area contributed by atoms with Gasteiger partial charge in [0, 0.05) is 23.4 Å². The Kier molecular flexibility index (Phi) is 10.6. The van der Waals surface area contributed by atoms with Gasteiger partial charge in [0.15, 0.2) is 0 Å². The Bertz CT molecular complexity index is 831. The summed E-state index contributed by atoms with van der Waals surface area (Å²) in [4.78, 5) is 29.0. The molecular formula is C24H32ClNO5. The van der Waals surface area contributed by atoms with Gasteiger partial charge in [0.05, 0.1) is 32.0 Å². The number of ketones is 2. The van der Waals surface area contributed by atoms with Gasteiger partial charge in [0.25, 0.3) is 0 Å². The molecule has 0 amide bonds. The van der Waals surface area contributed by atoms with Crippen LogP contribution in [0.2, 0.25) is 5.02 Å². The lowest BCUT2D eigenvalue weighted by Crippen LogP contribution is -2.25. The van der Waals surface area contributed by atoms with Crippen molar-refractivity contribution in [3.8, 4) is 5.75 Å². The molecule has 1 aromatic rings. The zero-order chi connectivity index (χ0) is 22.6. The van der Waals surface area contributed by atoms with Crippen LogP contribution >= 0.6 is 11.6 Å². The van der Waals surface area contributed by atoms with E-state index in [0.29, 0.717) is 34.9 Å². The van der Waals surface area contributed by atoms with Gasteiger partial charge >= 0.3 is 0 Å². The molecule has 0 fully saturated rings. The summed E-state index contributed by atoms with van der Waals surface area (Å²) in [7, 11) is 2.76. The molecule has 1 aliphatic carbocycles. The van der Waals surface area contributed by atoms with E-state index >= 15 is 0 Å². The van der Waals surface area contributed by atoms with Gasteiger partial charge in [0.1, 0.15) is 5.75 Å². The molecule has 1 aliphatic rings. The SMILES string of the molecule is COC1=C(OC)C(=O)C(CCCCCCCCCCOc2cncc(Cl)c2)=C(C)C1=O. The summed E-state index contributed by atoms with van der Waals surface area (Å²) in [6, 6.07) is 1.77. The molecule has 0 N–H and O–H groups in total. The highest BCUT2D eigenvalue weighted by molar-refractivity contribution is 6.30. The molecule has 0 aliphatic heterocycles. The van der Waals surface area contributed by atoms with Gasteiger partial charge < -0.3 is 14.2 Å². The van der Waals surface area contributed by atoms with Gasteiger partial charge in [-0.05, 0) is 26.2 Å². The number of aromatic nitrogens is 1. The van der Waals surface area contributed by atoms with Crippen molar-refractivity contribution in [1.29, 1.82) is 0 Å². The molecule has 0 radical (unpaired) electrons. The number of rotatable bonds is 14. The summed E-state index contributed by atoms with van der Waals surface area (Å²) in [5.41, 5.74) is 1.02. The average molecular weight is 450 g/mol. The second kappa shape index (κ2) is 13.2. The number of halogens is 1. The van der Waals surface area contributed by atoms with E-state index in [1.807, 2.05) is 0 Å². The molecule has 7 heteroatoms. The first-order chi connectivity index (χ1) is 15.0. The molecule has 0 spiro atoms. The molecule has 1 heterocycles. The van der Waals surface area contributed by atoms with Crippen molar-refractivity contribution in [2.24, 2.45) is 0 Å². The summed E-state index contributed by atoms with van der Waals surface area (Å²) in [6.07, 6.45) is 12.6. The largest absolute Gasteiger partial charge is 0.492 e. The number of methoxy groups -OCH3 is 2. The van der Waals surface area contributed by atoms with Crippen LogP contribution in [0.3, 0.4) is 0 Å². The highest BCUT2D eigenvalue weighted by Gasteiger charge is 2.34. The Morgan fingerprint density at radius 1 is 0.839 bits per heavy atom. The van der Waals surface area contributed by atoms with Crippen molar-refractivity contribution in [2.45, 2.75) is 64.7 Å². The summed E-state index contributed by atoms with van der Waals surface area (Å²) in [5.74, 6) is 0.242. The van der Waals surface area contributed by atoms with Gasteiger partial charge in [0.2, 0.25) is 23.1 Å². The Labute approximate surface area is 189 Å². The predicted octanol–water partition coefficient (Wildman–Crippen LogP) is 5.60. The lowest BCUT2D eigenvalue weighted by molar-refractivity contribution is -0.121. The van der Waals surface area contributed by atoms with E-state index in [4.69, 9.17) is 25.8 Å². The van der Waals surface area contributed by atoms with Crippen LogP contribution in [0.4, 0.5) is 0 Å². The lowest BCUT2D eigenvalue weighted by Gasteiger charge is -2.20. The van der Waals surface area contributed by atoms with E-state index < -0.39 is 0 Å². The molecule has 0 unspecified atom stereocenters. The average Bonchev–Trinajstić information content (AvgIpc) is 2.76. The number of ether oxygens (including phenoxy) is 3. The fourth-order valence-corrected chi connectivity index (χ4v) is 3.78. The first kappa shape index (κ1) is 24.9. The van der Waals surface area contributed by atoms with Crippen molar-refractivity contribution in [3.63, 3.8) is 0 Å². The molecule has 31 heavy (non-hydrogen) atoms. The topological polar surface area (TPSA) is 74.7 Å². The number of carbonyl (C=O) groups is 2. The molecule has 0 saturated heterocycles. The standard InChI is InChI=1S/C24H32ClNO5/c1-17-20(22(28)24(30-3)23(29-2)21(17)27)12-10-8-6-4-5-7-9-11-13-31-19-14-18(25)15-26-16-19/h14-16H,4-13H2,1-3H3. The van der Waals surface area contributed by atoms with Crippen molar-refractivity contribution in [2.75, 3.05) is 20.8 Å². The molecule has 1 aromatic heterocycles. The van der Waals surface area contributed by atoms with Crippen LogP contribution in [-0.2, 0) is 19.1 Å². The first-order valence-electron chi connectivity index (χ1n) is 10.8. The minimum Gasteiger partial charge on any atom is -0.492 e. The fraction of sp³-hybridized carbons (Fsp3) is 0.542. The quantitative estimate of drug-likeness (QED) is 0.272. The highest BCUT2D eigenvalue weighted by Crippen LogP contribution is 2.28. The molecule has 6 nitrogen and oxygen atoms in total. The van der Waals surface area contributed by atoms with Crippen LogP contribution in [-0.4, -0.2) is 37.4 Å². The normalized spacial score (nSPS) is 14.3. The molecule has 0 bridgehead atoms. The number of carbonyl (C=O) groups excluding carboxylic acids is 2. The Morgan fingerprint density at radius 2 is 1.42 bits per heavy atom. The van der Waals surface area contributed by atoms with Crippen LogP contribution < -0.4 is 4.74 Å². The number of Topliss-reactive ketones (excluding diaryl/α,β-unsaturated/α-hetero) is 2. The van der Waals surface area contributed by atoms with Gasteiger partial charge in [-0.15, -0.1) is 0 Å². The molecule has 0 atom stereocenters. The Hall–Kier alpha value is -2.34. The van der Waals surface area contributed by atoms with E-state index in [1.165, 1.54) is 33.5 Å². The zero-order valence-electron chi connectivity index (χ0n) is 18.7. The minimum atomic E-state index is -0.260. The van der Waals surface area contributed by atoms with E-state index in [1.54, 1.807) is 25.4 Å². The van der Waals surface area contributed by atoms with Crippen molar-refractivity contribution >= 4 is 23.2 Å². The van der Waals surface area contributed by atoms with Gasteiger partial charge in [-0.25, -0.2) is 0 Å². The highest BCUT2D eigenvalue weighted by atomic mass is 35.5. The van der Waals surface area contributed by atoms with Crippen molar-refractivity contribution in [1.82, 2.24) is 4.98 Å². The second-order valence-electron chi connectivity index (χ2n) is 7.59. The van der Waals surface area contributed by atoms with Crippen molar-refractivity contribution < 1.29 is 23.8 Å². The molecule has 2 rings (SSSR count). The van der Waals surface area contributed by atoms with E-state index in [0.717, 1.165) is 32.1 Å². The maximum absolute atomic E-state index is 12.6. The molecule has 0 saturated carbocycles. The maximum atomic E-state index is 12.6. The minimum absolute atomic E-state index is 0.00313. The molecular weight excluding hydrogens is 418 g/mol. The predicted molar refractivity (Wildman–Crippen MR) is 120 cm³/mol. The number of unbranched alkanes of at least 4 members (excludes halogenated alkanes) is 7. The first-order valence-corrected chi connectivity index (χ1v) is 11.2. The van der Waals surface area contributed by atoms with E-state index in [-0.39, 0.29) is 23.1 Å². The number of allylic oxidation sites excluding steroid dienone is 2. The van der Waals surface area contributed by atoms with Crippen LogP contribution in [0, 0.1) is 0 Å². The maximum Gasteiger partial charge on any atom is 0.228 e. The van der Waals surface area contributed by atoms with Crippen molar-refractivity contribution in [3.05, 3.63) is 46.1 Å². The van der Waals surface area contributed by atoms with Crippen LogP contribution in [0.15, 0.2) is 41.1 Å². The zero-order valence-corrected chi connectivity index (χ0v) is 19.4. The van der Waals surface area contributed by atoms with Crippen LogP contribution in [0.25, 0.3) is 0 Å².